The van der Waals surface area contributed by atoms with Crippen LogP contribution < -0.4 is 25.5 Å². The Morgan fingerprint density at radius 3 is 2.43 bits per heavy atom. The van der Waals surface area contributed by atoms with Crippen LogP contribution in [0.15, 0.2) is 71.0 Å². The Hall–Kier alpha value is -3.54. The Labute approximate surface area is 279 Å². The summed E-state index contributed by atoms with van der Waals surface area (Å²) < 4.78 is 16.8. The lowest BCUT2D eigenvalue weighted by Crippen LogP contribution is -2.45. The van der Waals surface area contributed by atoms with Gasteiger partial charge in [-0.15, -0.1) is 0 Å². The Kier molecular flexibility index (Phi) is 11.7. The third-order valence-electron chi connectivity index (χ3n) is 6.14. The second-order valence-corrected chi connectivity index (χ2v) is 11.3. The molecule has 1 atom stereocenters. The maximum Gasteiger partial charge on any atom is 0.338 e. The van der Waals surface area contributed by atoms with E-state index in [-0.39, 0.29) is 35.6 Å². The lowest BCUT2D eigenvalue weighted by atomic mass is 9.95. The molecule has 14 heteroatoms. The molecule has 1 aliphatic heterocycles. The SMILES string of the molecule is CCOC(=O)C1=C(C)NC(=S)N[C@@H]1c1ccccc1OCC(=O)NN=Cc1cc(Cl)c(OCc2ccc(Cl)c(Cl)c2)c(Cl)c1. The molecule has 3 aromatic carbocycles. The van der Waals surface area contributed by atoms with E-state index in [4.69, 9.17) is 72.8 Å². The van der Waals surface area contributed by atoms with Crippen LogP contribution in [0.3, 0.4) is 0 Å². The van der Waals surface area contributed by atoms with Gasteiger partial charge in [-0.05, 0) is 67.5 Å². The fourth-order valence-electron chi connectivity index (χ4n) is 4.19. The second-order valence-electron chi connectivity index (χ2n) is 9.26. The molecule has 1 aliphatic rings. The first-order valence-electron chi connectivity index (χ1n) is 13.1. The predicted octanol–water partition coefficient (Wildman–Crippen LogP) is 6.76. The molecule has 0 bridgehead atoms. The minimum atomic E-state index is -0.648. The number of allylic oxidation sites excluding steroid dienone is 1. The van der Waals surface area contributed by atoms with Crippen molar-refractivity contribution in [3.05, 3.63) is 103 Å². The summed E-state index contributed by atoms with van der Waals surface area (Å²) in [5.74, 6) is -0.363. The van der Waals surface area contributed by atoms with Crippen LogP contribution in [0.25, 0.3) is 0 Å². The molecule has 0 saturated carbocycles. The van der Waals surface area contributed by atoms with E-state index in [1.54, 1.807) is 68.4 Å². The molecule has 1 amide bonds. The fraction of sp³-hybridized carbons (Fsp3) is 0.200. The van der Waals surface area contributed by atoms with Gasteiger partial charge in [0.05, 0.1) is 44.5 Å². The molecule has 0 aliphatic carbocycles. The number of ether oxygens (including phenoxy) is 3. The number of amides is 1. The van der Waals surface area contributed by atoms with Gasteiger partial charge in [0.15, 0.2) is 17.5 Å². The van der Waals surface area contributed by atoms with E-state index in [1.807, 2.05) is 0 Å². The van der Waals surface area contributed by atoms with E-state index in [0.29, 0.717) is 43.3 Å². The minimum Gasteiger partial charge on any atom is -0.486 e. The van der Waals surface area contributed by atoms with Gasteiger partial charge < -0.3 is 24.8 Å². The topological polar surface area (TPSA) is 110 Å². The van der Waals surface area contributed by atoms with Gasteiger partial charge in [0, 0.05) is 11.3 Å². The number of nitrogens with one attached hydrogen (secondary N) is 3. The van der Waals surface area contributed by atoms with Crippen LogP contribution in [0.4, 0.5) is 0 Å². The van der Waals surface area contributed by atoms with Crippen molar-refractivity contribution >= 4 is 81.8 Å². The van der Waals surface area contributed by atoms with Gasteiger partial charge in [-0.3, -0.25) is 4.79 Å². The molecule has 0 radical (unpaired) electrons. The second kappa shape index (κ2) is 15.5. The van der Waals surface area contributed by atoms with Gasteiger partial charge in [0.2, 0.25) is 0 Å². The highest BCUT2D eigenvalue weighted by Gasteiger charge is 2.32. The number of hydrazone groups is 1. The highest BCUT2D eigenvalue weighted by atomic mass is 35.5. The standard InChI is InChI=1S/C30H26Cl4N4O5S/c1-3-41-29(40)26-16(2)36-30(44)37-27(26)19-6-4-5-7-24(19)42-15-25(39)38-35-13-18-11-22(33)28(23(34)12-18)43-14-17-8-9-20(31)21(32)10-17/h4-13,27H,3,14-15H2,1-2H3,(H,38,39)(H2,36,37,44)/t27-/m1/s1. The van der Waals surface area contributed by atoms with Crippen molar-refractivity contribution < 1.29 is 23.8 Å². The van der Waals surface area contributed by atoms with E-state index < -0.39 is 17.9 Å². The largest absolute Gasteiger partial charge is 0.486 e. The van der Waals surface area contributed by atoms with E-state index in [0.717, 1.165) is 5.56 Å². The summed E-state index contributed by atoms with van der Waals surface area (Å²) in [5.41, 5.74) is 5.22. The molecule has 0 unspecified atom stereocenters. The molecule has 0 fully saturated rings. The smallest absolute Gasteiger partial charge is 0.338 e. The van der Waals surface area contributed by atoms with Crippen molar-refractivity contribution in [2.75, 3.05) is 13.2 Å². The Balaban J connectivity index is 1.37. The van der Waals surface area contributed by atoms with E-state index in [1.165, 1.54) is 6.21 Å². The molecule has 1 heterocycles. The average molecular weight is 696 g/mol. The summed E-state index contributed by atoms with van der Waals surface area (Å²) in [6, 6.07) is 14.7. The molecular formula is C30H26Cl4N4O5S. The third-order valence-corrected chi connectivity index (χ3v) is 7.66. The number of rotatable bonds is 11. The zero-order chi connectivity index (χ0) is 31.8. The van der Waals surface area contributed by atoms with Crippen LogP contribution >= 0.6 is 58.6 Å². The lowest BCUT2D eigenvalue weighted by molar-refractivity contribution is -0.139. The van der Waals surface area contributed by atoms with Crippen molar-refractivity contribution in [3.63, 3.8) is 0 Å². The average Bonchev–Trinajstić information content (AvgIpc) is 2.97. The number of thiocarbonyl (C=S) groups is 1. The minimum absolute atomic E-state index is 0.170. The third kappa shape index (κ3) is 8.55. The van der Waals surface area contributed by atoms with Crippen LogP contribution in [0.2, 0.25) is 20.1 Å². The zero-order valence-electron chi connectivity index (χ0n) is 23.4. The molecule has 0 spiro atoms. The normalized spacial score (nSPS) is 14.6. The van der Waals surface area contributed by atoms with Crippen molar-refractivity contribution in [2.45, 2.75) is 26.5 Å². The Bertz CT molecular complexity index is 1630. The summed E-state index contributed by atoms with van der Waals surface area (Å²) >= 11 is 30.1. The highest BCUT2D eigenvalue weighted by Crippen LogP contribution is 2.35. The van der Waals surface area contributed by atoms with E-state index in [9.17, 15) is 9.59 Å². The first-order chi connectivity index (χ1) is 21.1. The van der Waals surface area contributed by atoms with Gasteiger partial charge in [-0.25, -0.2) is 10.2 Å². The van der Waals surface area contributed by atoms with Crippen molar-refractivity contribution in [3.8, 4) is 11.5 Å². The van der Waals surface area contributed by atoms with Gasteiger partial charge in [-0.1, -0.05) is 70.7 Å². The highest BCUT2D eigenvalue weighted by molar-refractivity contribution is 7.80. The van der Waals surface area contributed by atoms with E-state index in [2.05, 4.69) is 21.2 Å². The summed E-state index contributed by atoms with van der Waals surface area (Å²) in [6.07, 6.45) is 1.38. The molecule has 0 aromatic heterocycles. The Morgan fingerprint density at radius 2 is 1.73 bits per heavy atom. The molecule has 9 nitrogen and oxygen atoms in total. The first-order valence-corrected chi connectivity index (χ1v) is 15.0. The van der Waals surface area contributed by atoms with E-state index >= 15 is 0 Å². The van der Waals surface area contributed by atoms with Gasteiger partial charge in [-0.2, -0.15) is 5.10 Å². The van der Waals surface area contributed by atoms with Crippen molar-refractivity contribution in [1.29, 1.82) is 0 Å². The number of nitrogens with zero attached hydrogens (tertiary/aromatic N) is 1. The number of hydrogen-bond acceptors (Lipinski definition) is 7. The molecule has 4 rings (SSSR count). The molecular weight excluding hydrogens is 670 g/mol. The molecule has 44 heavy (non-hydrogen) atoms. The summed E-state index contributed by atoms with van der Waals surface area (Å²) in [6.45, 7) is 3.48. The number of benzene rings is 3. The predicted molar refractivity (Wildman–Crippen MR) is 176 cm³/mol. The quantitative estimate of drug-likeness (QED) is 0.0874. The molecule has 3 aromatic rings. The fourth-order valence-corrected chi connectivity index (χ4v) is 5.39. The number of carbonyl (C=O) groups is 2. The van der Waals surface area contributed by atoms with Crippen molar-refractivity contribution in [2.24, 2.45) is 5.10 Å². The van der Waals surface area contributed by atoms with Crippen LogP contribution in [0.5, 0.6) is 11.5 Å². The maximum atomic E-state index is 12.7. The van der Waals surface area contributed by atoms with Crippen LogP contribution in [0, 0.1) is 0 Å². The molecule has 3 N–H and O–H groups in total. The number of para-hydroxylation sites is 1. The number of halogens is 4. The number of hydrogen-bond donors (Lipinski definition) is 3. The van der Waals surface area contributed by atoms with Gasteiger partial charge in [0.1, 0.15) is 12.4 Å². The van der Waals surface area contributed by atoms with Crippen molar-refractivity contribution in [1.82, 2.24) is 16.1 Å². The first kappa shape index (κ1) is 33.4. The van der Waals surface area contributed by atoms with Gasteiger partial charge >= 0.3 is 5.97 Å². The van der Waals surface area contributed by atoms with Gasteiger partial charge in [0.25, 0.3) is 5.91 Å². The lowest BCUT2D eigenvalue weighted by Gasteiger charge is -2.30. The van der Waals surface area contributed by atoms with Crippen LogP contribution in [0.1, 0.15) is 36.6 Å². The molecule has 0 saturated heterocycles. The zero-order valence-corrected chi connectivity index (χ0v) is 27.2. The summed E-state index contributed by atoms with van der Waals surface area (Å²) in [7, 11) is 0. The summed E-state index contributed by atoms with van der Waals surface area (Å²) in [5, 5.41) is 11.7. The molecule has 230 valence electrons. The monoisotopic (exact) mass is 694 g/mol. The summed E-state index contributed by atoms with van der Waals surface area (Å²) in [4.78, 5) is 25.3. The van der Waals surface area contributed by atoms with Crippen LogP contribution in [-0.2, 0) is 20.9 Å². The maximum absolute atomic E-state index is 12.7. The number of carbonyl (C=O) groups excluding carboxylic acids is 2. The van der Waals surface area contributed by atoms with Crippen LogP contribution in [-0.4, -0.2) is 36.4 Å². The Morgan fingerprint density at radius 1 is 1.00 bits per heavy atom. The number of esters is 1.